The number of fused-ring (bicyclic) bond motifs is 1. The molecule has 0 saturated carbocycles. The Kier molecular flexibility index (Phi) is 6.21. The van der Waals surface area contributed by atoms with Gasteiger partial charge < -0.3 is 10.4 Å². The molecule has 2 N–H and O–H groups in total. The first-order chi connectivity index (χ1) is 15.2. The molecule has 0 aliphatic carbocycles. The number of carbonyl (C=O) groups excluding carboxylic acids is 1. The highest BCUT2D eigenvalue weighted by atomic mass is 32.1. The molecular formula is C23H21F3N2O3S. The van der Waals surface area contributed by atoms with Crippen LogP contribution in [-0.4, -0.2) is 41.0 Å². The highest BCUT2D eigenvalue weighted by Gasteiger charge is 2.34. The highest BCUT2D eigenvalue weighted by Crippen LogP contribution is 2.36. The molecule has 1 aliphatic rings. The summed E-state index contributed by atoms with van der Waals surface area (Å²) in [5, 5.41) is 12.9. The fourth-order valence-corrected chi connectivity index (χ4v) is 5.33. The van der Waals surface area contributed by atoms with Crippen LogP contribution in [0.3, 0.4) is 0 Å². The number of thiophene rings is 1. The van der Waals surface area contributed by atoms with Crippen LogP contribution in [0, 0.1) is 0 Å². The molecule has 4 rings (SSSR count). The molecule has 32 heavy (non-hydrogen) atoms. The number of nitrogens with zero attached hydrogens (tertiary/aromatic N) is 1. The maximum absolute atomic E-state index is 13.2. The lowest BCUT2D eigenvalue weighted by atomic mass is 10.0. The number of amides is 1. The topological polar surface area (TPSA) is 69.6 Å². The summed E-state index contributed by atoms with van der Waals surface area (Å²) in [5.74, 6) is -1.51. The number of alkyl halides is 3. The van der Waals surface area contributed by atoms with E-state index in [1.165, 1.54) is 29.5 Å². The van der Waals surface area contributed by atoms with Gasteiger partial charge >= 0.3 is 12.1 Å². The molecule has 168 valence electrons. The number of nitrogens with one attached hydrogen (secondary N) is 1. The Balaban J connectivity index is 1.50. The van der Waals surface area contributed by atoms with Crippen LogP contribution in [0.5, 0.6) is 0 Å². The average molecular weight is 462 g/mol. The van der Waals surface area contributed by atoms with Crippen molar-refractivity contribution >= 4 is 39.0 Å². The zero-order valence-corrected chi connectivity index (χ0v) is 17.8. The summed E-state index contributed by atoms with van der Waals surface area (Å²) in [6, 6.07) is 12.3. The summed E-state index contributed by atoms with van der Waals surface area (Å²) < 4.78 is 40.5. The van der Waals surface area contributed by atoms with Gasteiger partial charge in [0.05, 0.1) is 17.8 Å². The van der Waals surface area contributed by atoms with Crippen LogP contribution >= 0.6 is 11.3 Å². The Bertz CT molecular complexity index is 1160. The van der Waals surface area contributed by atoms with Crippen LogP contribution in [0.25, 0.3) is 10.1 Å². The van der Waals surface area contributed by atoms with E-state index in [0.717, 1.165) is 34.6 Å². The fourth-order valence-electron chi connectivity index (χ4n) is 4.26. The van der Waals surface area contributed by atoms with Crippen molar-refractivity contribution in [1.29, 1.82) is 0 Å². The Hall–Kier alpha value is -2.91. The number of carboxylic acid groups (broad SMARTS) is 1. The third-order valence-corrected chi connectivity index (χ3v) is 6.89. The van der Waals surface area contributed by atoms with Gasteiger partial charge in [-0.05, 0) is 55.0 Å². The van der Waals surface area contributed by atoms with Crippen LogP contribution < -0.4 is 5.32 Å². The van der Waals surface area contributed by atoms with Gasteiger partial charge in [-0.1, -0.05) is 30.3 Å². The molecule has 1 aromatic heterocycles. The van der Waals surface area contributed by atoms with E-state index in [4.69, 9.17) is 0 Å². The maximum Gasteiger partial charge on any atom is 0.418 e. The van der Waals surface area contributed by atoms with E-state index in [1.54, 1.807) is 0 Å². The summed E-state index contributed by atoms with van der Waals surface area (Å²) in [4.78, 5) is 26.6. The van der Waals surface area contributed by atoms with E-state index in [2.05, 4.69) is 5.32 Å². The first kappa shape index (κ1) is 22.3. The number of carboxylic acids is 1. The molecule has 0 spiro atoms. The van der Waals surface area contributed by atoms with Crippen molar-refractivity contribution in [3.63, 3.8) is 0 Å². The third-order valence-electron chi connectivity index (χ3n) is 5.68. The number of anilines is 1. The number of halogens is 3. The number of carbonyl (C=O) groups is 2. The predicted molar refractivity (Wildman–Crippen MR) is 117 cm³/mol. The van der Waals surface area contributed by atoms with Gasteiger partial charge in [0, 0.05) is 10.7 Å². The Morgan fingerprint density at radius 1 is 1.12 bits per heavy atom. The molecule has 1 amide bonds. The van der Waals surface area contributed by atoms with Crippen LogP contribution in [0.2, 0.25) is 0 Å². The van der Waals surface area contributed by atoms with Crippen molar-refractivity contribution in [3.05, 3.63) is 64.5 Å². The first-order valence-corrected chi connectivity index (χ1v) is 11.0. The van der Waals surface area contributed by atoms with Gasteiger partial charge in [0.2, 0.25) is 5.91 Å². The van der Waals surface area contributed by atoms with Crippen molar-refractivity contribution < 1.29 is 27.9 Å². The molecular weight excluding hydrogens is 441 g/mol. The van der Waals surface area contributed by atoms with Gasteiger partial charge in [-0.15, -0.1) is 11.3 Å². The summed E-state index contributed by atoms with van der Waals surface area (Å²) in [6.45, 7) is 0.574. The number of para-hydroxylation sites is 1. The lowest BCUT2D eigenvalue weighted by molar-refractivity contribution is -0.137. The SMILES string of the molecule is O=C(CN1CCC[C@@H]1Cc1c(C(=O)O)sc2ccccc12)Nc1ccccc1C(F)(F)F. The second-order valence-electron chi connectivity index (χ2n) is 7.77. The Morgan fingerprint density at radius 3 is 2.59 bits per heavy atom. The van der Waals surface area contributed by atoms with Crippen molar-refractivity contribution in [3.8, 4) is 0 Å². The minimum atomic E-state index is -4.56. The normalized spacial score (nSPS) is 17.0. The van der Waals surface area contributed by atoms with E-state index >= 15 is 0 Å². The molecule has 2 aromatic carbocycles. The molecule has 2 heterocycles. The molecule has 1 atom stereocenters. The smallest absolute Gasteiger partial charge is 0.418 e. The summed E-state index contributed by atoms with van der Waals surface area (Å²) in [5.41, 5.74) is -0.405. The molecule has 3 aromatic rings. The van der Waals surface area contributed by atoms with E-state index in [-0.39, 0.29) is 18.3 Å². The molecule has 1 fully saturated rings. The number of rotatable bonds is 6. The van der Waals surface area contributed by atoms with Crippen molar-refractivity contribution in [2.24, 2.45) is 0 Å². The van der Waals surface area contributed by atoms with Gasteiger partial charge in [0.1, 0.15) is 4.88 Å². The molecule has 9 heteroatoms. The minimum Gasteiger partial charge on any atom is -0.477 e. The molecule has 1 saturated heterocycles. The second kappa shape index (κ2) is 8.91. The van der Waals surface area contributed by atoms with E-state index in [9.17, 15) is 27.9 Å². The van der Waals surface area contributed by atoms with Gasteiger partial charge in [0.25, 0.3) is 0 Å². The molecule has 1 aliphatic heterocycles. The Labute approximate surface area is 186 Å². The van der Waals surface area contributed by atoms with Gasteiger partial charge in [-0.3, -0.25) is 9.69 Å². The number of hydrogen-bond donors (Lipinski definition) is 2. The third kappa shape index (κ3) is 4.63. The lowest BCUT2D eigenvalue weighted by Gasteiger charge is -2.24. The van der Waals surface area contributed by atoms with Gasteiger partial charge in [-0.25, -0.2) is 4.79 Å². The average Bonchev–Trinajstić information content (AvgIpc) is 3.32. The standard InChI is InChI=1S/C23H21F3N2O3S/c24-23(25,26)17-8-2-3-9-18(17)27-20(29)13-28-11-5-6-14(28)12-16-15-7-1-4-10-19(15)32-21(16)22(30)31/h1-4,7-10,14H,5-6,11-13H2,(H,27,29)(H,30,31)/t14-/m1/s1. The van der Waals surface area contributed by atoms with Gasteiger partial charge in [0.15, 0.2) is 0 Å². The highest BCUT2D eigenvalue weighted by molar-refractivity contribution is 7.21. The van der Waals surface area contributed by atoms with Gasteiger partial charge in [-0.2, -0.15) is 13.2 Å². The summed E-state index contributed by atoms with van der Waals surface area (Å²) in [6.07, 6.45) is -2.47. The monoisotopic (exact) mass is 462 g/mol. The molecule has 0 unspecified atom stereocenters. The fraction of sp³-hybridized carbons (Fsp3) is 0.304. The zero-order chi connectivity index (χ0) is 22.9. The molecule has 5 nitrogen and oxygen atoms in total. The second-order valence-corrected chi connectivity index (χ2v) is 8.83. The van der Waals surface area contributed by atoms with Crippen LogP contribution in [0.1, 0.15) is 33.6 Å². The van der Waals surface area contributed by atoms with Crippen LogP contribution in [0.4, 0.5) is 18.9 Å². The first-order valence-electron chi connectivity index (χ1n) is 10.2. The van der Waals surface area contributed by atoms with Crippen molar-refractivity contribution in [1.82, 2.24) is 4.90 Å². The number of aromatic carboxylic acids is 1. The Morgan fingerprint density at radius 2 is 1.84 bits per heavy atom. The largest absolute Gasteiger partial charge is 0.477 e. The summed E-state index contributed by atoms with van der Waals surface area (Å²) in [7, 11) is 0. The predicted octanol–water partition coefficient (Wildman–Crippen LogP) is 5.26. The number of benzene rings is 2. The maximum atomic E-state index is 13.2. The number of likely N-dealkylation sites (tertiary alicyclic amines) is 1. The van der Waals surface area contributed by atoms with Crippen molar-refractivity contribution in [2.75, 3.05) is 18.4 Å². The summed E-state index contributed by atoms with van der Waals surface area (Å²) >= 11 is 1.23. The zero-order valence-electron chi connectivity index (χ0n) is 17.0. The minimum absolute atomic E-state index is 0.0542. The van der Waals surface area contributed by atoms with Crippen LogP contribution in [-0.2, 0) is 17.4 Å². The number of hydrogen-bond acceptors (Lipinski definition) is 4. The lowest BCUT2D eigenvalue weighted by Crippen LogP contribution is -2.38. The van der Waals surface area contributed by atoms with E-state index in [1.807, 2.05) is 29.2 Å². The van der Waals surface area contributed by atoms with Crippen molar-refractivity contribution in [2.45, 2.75) is 31.5 Å². The van der Waals surface area contributed by atoms with E-state index < -0.39 is 23.6 Å². The molecule has 0 radical (unpaired) electrons. The van der Waals surface area contributed by atoms with Crippen LogP contribution in [0.15, 0.2) is 48.5 Å². The quantitative estimate of drug-likeness (QED) is 0.524. The molecule has 0 bridgehead atoms. The van der Waals surface area contributed by atoms with E-state index in [0.29, 0.717) is 17.8 Å².